The summed E-state index contributed by atoms with van der Waals surface area (Å²) in [5.41, 5.74) is 1.99. The van der Waals surface area contributed by atoms with Crippen molar-refractivity contribution in [2.75, 3.05) is 33.4 Å². The van der Waals surface area contributed by atoms with E-state index in [2.05, 4.69) is 29.8 Å². The number of halogens is 1. The van der Waals surface area contributed by atoms with Crippen LogP contribution in [0.4, 0.5) is 4.79 Å². The summed E-state index contributed by atoms with van der Waals surface area (Å²) in [6, 6.07) is 11.8. The zero-order valence-electron chi connectivity index (χ0n) is 25.0. The topological polar surface area (TPSA) is 66.8 Å². The fourth-order valence-corrected chi connectivity index (χ4v) is 8.13. The van der Waals surface area contributed by atoms with E-state index < -0.39 is 0 Å². The molecule has 0 unspecified atom stereocenters. The SMILES string of the molecule is COCCCN(CC(=O)N(Cc1cccn1Cc1ccccc1Cl)CC(C)C)C(=O)NC12CC3CC(CC(C3)C1)C2. The first-order chi connectivity index (χ1) is 19.7. The van der Waals surface area contributed by atoms with Crippen molar-refractivity contribution in [2.24, 2.45) is 23.7 Å². The van der Waals surface area contributed by atoms with Gasteiger partial charge in [0.2, 0.25) is 5.91 Å². The average Bonchev–Trinajstić information content (AvgIpc) is 3.34. The molecular formula is C33H47ClN4O3. The number of amides is 3. The standard InChI is InChI=1S/C33H47ClN4O3/c1-24(2)20-38(22-29-9-6-11-36(29)21-28-8-4-5-10-30(28)34)31(39)23-37(12-7-13-41-3)32(40)35-33-17-25-14-26(18-33)16-27(15-25)19-33/h4-6,8-11,24-27H,7,12-23H2,1-3H3,(H,35,40). The Hall–Kier alpha value is -2.51. The fraction of sp³-hybridized carbons (Fsp3) is 0.636. The van der Waals surface area contributed by atoms with Gasteiger partial charge in [0.15, 0.2) is 0 Å². The van der Waals surface area contributed by atoms with Gasteiger partial charge in [0.25, 0.3) is 0 Å². The molecule has 4 saturated carbocycles. The minimum Gasteiger partial charge on any atom is -0.385 e. The first-order valence-electron chi connectivity index (χ1n) is 15.4. The maximum Gasteiger partial charge on any atom is 0.318 e. The highest BCUT2D eigenvalue weighted by Crippen LogP contribution is 2.55. The van der Waals surface area contributed by atoms with Gasteiger partial charge in [-0.2, -0.15) is 0 Å². The number of hydrogen-bond acceptors (Lipinski definition) is 3. The Labute approximate surface area is 250 Å². The van der Waals surface area contributed by atoms with Crippen LogP contribution in [0.2, 0.25) is 5.02 Å². The van der Waals surface area contributed by atoms with Crippen LogP contribution in [0.3, 0.4) is 0 Å². The number of ether oxygens (including phenoxy) is 1. The van der Waals surface area contributed by atoms with Crippen LogP contribution in [0.5, 0.6) is 0 Å². The second-order valence-electron chi connectivity index (χ2n) is 13.3. The Morgan fingerprint density at radius 3 is 2.37 bits per heavy atom. The molecule has 0 radical (unpaired) electrons. The molecule has 4 aliphatic carbocycles. The Morgan fingerprint density at radius 1 is 1.05 bits per heavy atom. The van der Waals surface area contributed by atoms with Crippen LogP contribution in [-0.4, -0.2) is 65.2 Å². The summed E-state index contributed by atoms with van der Waals surface area (Å²) < 4.78 is 7.44. The van der Waals surface area contributed by atoms with Gasteiger partial charge in [-0.05, 0) is 92.4 Å². The highest BCUT2D eigenvalue weighted by atomic mass is 35.5. The van der Waals surface area contributed by atoms with Gasteiger partial charge in [-0.3, -0.25) is 4.79 Å². The molecule has 6 rings (SSSR count). The van der Waals surface area contributed by atoms with Gasteiger partial charge in [0, 0.05) is 55.8 Å². The zero-order valence-corrected chi connectivity index (χ0v) is 25.7. The highest BCUT2D eigenvalue weighted by molar-refractivity contribution is 6.31. The van der Waals surface area contributed by atoms with E-state index in [-0.39, 0.29) is 24.0 Å². The highest BCUT2D eigenvalue weighted by Gasteiger charge is 2.51. The third kappa shape index (κ3) is 7.47. The molecule has 1 aromatic carbocycles. The number of methoxy groups -OCH3 is 1. The predicted molar refractivity (Wildman–Crippen MR) is 163 cm³/mol. The molecule has 4 fully saturated rings. The summed E-state index contributed by atoms with van der Waals surface area (Å²) >= 11 is 6.44. The Kier molecular flexibility index (Phi) is 9.65. The van der Waals surface area contributed by atoms with Crippen molar-refractivity contribution in [3.05, 3.63) is 58.9 Å². The number of nitrogens with zero attached hydrogens (tertiary/aromatic N) is 3. The molecule has 1 aromatic heterocycles. The van der Waals surface area contributed by atoms with E-state index in [1.807, 2.05) is 41.4 Å². The van der Waals surface area contributed by atoms with E-state index in [1.165, 1.54) is 19.3 Å². The van der Waals surface area contributed by atoms with Gasteiger partial charge in [-0.15, -0.1) is 0 Å². The summed E-state index contributed by atoms with van der Waals surface area (Å²) in [6.45, 7) is 7.12. The van der Waals surface area contributed by atoms with Crippen LogP contribution < -0.4 is 5.32 Å². The summed E-state index contributed by atoms with van der Waals surface area (Å²) in [4.78, 5) is 31.3. The van der Waals surface area contributed by atoms with Crippen molar-refractivity contribution < 1.29 is 14.3 Å². The van der Waals surface area contributed by atoms with E-state index in [1.54, 1.807) is 12.0 Å². The lowest BCUT2D eigenvalue weighted by molar-refractivity contribution is -0.133. The Morgan fingerprint density at radius 2 is 1.73 bits per heavy atom. The quantitative estimate of drug-likeness (QED) is 0.286. The smallest absolute Gasteiger partial charge is 0.318 e. The maximum absolute atomic E-state index is 13.9. The number of carbonyl (C=O) groups is 2. The minimum atomic E-state index is -0.0944. The second kappa shape index (κ2) is 13.2. The molecule has 3 amide bonds. The van der Waals surface area contributed by atoms with Gasteiger partial charge in [0.05, 0.1) is 6.54 Å². The number of hydrogen-bond donors (Lipinski definition) is 1. The second-order valence-corrected chi connectivity index (χ2v) is 13.7. The van der Waals surface area contributed by atoms with E-state index in [0.717, 1.165) is 53.3 Å². The molecule has 0 spiro atoms. The van der Waals surface area contributed by atoms with E-state index in [0.29, 0.717) is 45.1 Å². The number of rotatable bonds is 13. The molecular weight excluding hydrogens is 536 g/mol. The van der Waals surface area contributed by atoms with Crippen LogP contribution in [0.1, 0.15) is 70.1 Å². The van der Waals surface area contributed by atoms with Crippen molar-refractivity contribution in [1.82, 2.24) is 19.7 Å². The molecule has 4 bridgehead atoms. The van der Waals surface area contributed by atoms with Crippen LogP contribution in [0, 0.1) is 23.7 Å². The molecule has 0 atom stereocenters. The summed E-state index contributed by atoms with van der Waals surface area (Å²) in [5.74, 6) is 2.51. The fourth-order valence-electron chi connectivity index (χ4n) is 7.93. The van der Waals surface area contributed by atoms with Crippen molar-refractivity contribution >= 4 is 23.5 Å². The van der Waals surface area contributed by atoms with Crippen molar-refractivity contribution in [2.45, 2.75) is 77.4 Å². The molecule has 1 heterocycles. The maximum atomic E-state index is 13.9. The Balaban J connectivity index is 1.28. The van der Waals surface area contributed by atoms with Gasteiger partial charge < -0.3 is 24.4 Å². The molecule has 41 heavy (non-hydrogen) atoms. The van der Waals surface area contributed by atoms with Gasteiger partial charge >= 0.3 is 6.03 Å². The number of nitrogens with one attached hydrogen (secondary N) is 1. The van der Waals surface area contributed by atoms with Gasteiger partial charge in [0.1, 0.15) is 6.54 Å². The molecule has 0 saturated heterocycles. The van der Waals surface area contributed by atoms with Gasteiger partial charge in [-0.25, -0.2) is 4.79 Å². The van der Waals surface area contributed by atoms with Gasteiger partial charge in [-0.1, -0.05) is 43.6 Å². The number of urea groups is 1. The molecule has 7 nitrogen and oxygen atoms in total. The molecule has 1 N–H and O–H groups in total. The average molecular weight is 583 g/mol. The number of carbonyl (C=O) groups excluding carboxylic acids is 2. The molecule has 224 valence electrons. The van der Waals surface area contributed by atoms with E-state index >= 15 is 0 Å². The molecule has 2 aromatic rings. The lowest BCUT2D eigenvalue weighted by atomic mass is 9.53. The van der Waals surface area contributed by atoms with Crippen LogP contribution >= 0.6 is 11.6 Å². The van der Waals surface area contributed by atoms with Crippen molar-refractivity contribution in [1.29, 1.82) is 0 Å². The van der Waals surface area contributed by atoms with Crippen molar-refractivity contribution in [3.8, 4) is 0 Å². The normalized spacial score (nSPS) is 24.6. The lowest BCUT2D eigenvalue weighted by Gasteiger charge is -2.57. The largest absolute Gasteiger partial charge is 0.385 e. The van der Waals surface area contributed by atoms with Crippen LogP contribution in [0.15, 0.2) is 42.6 Å². The first kappa shape index (κ1) is 30.0. The molecule has 8 heteroatoms. The monoisotopic (exact) mass is 582 g/mol. The third-order valence-electron chi connectivity index (χ3n) is 9.31. The van der Waals surface area contributed by atoms with E-state index in [9.17, 15) is 9.59 Å². The summed E-state index contributed by atoms with van der Waals surface area (Å²) in [6.07, 6.45) is 9.98. The first-order valence-corrected chi connectivity index (χ1v) is 15.8. The zero-order chi connectivity index (χ0) is 29.0. The summed E-state index contributed by atoms with van der Waals surface area (Å²) in [5, 5.41) is 4.22. The van der Waals surface area contributed by atoms with Crippen LogP contribution in [0.25, 0.3) is 0 Å². The number of aromatic nitrogens is 1. The molecule has 4 aliphatic rings. The van der Waals surface area contributed by atoms with Crippen LogP contribution in [-0.2, 0) is 22.6 Å². The number of benzene rings is 1. The Bertz CT molecular complexity index is 1160. The lowest BCUT2D eigenvalue weighted by Crippen LogP contribution is -2.62. The molecule has 0 aliphatic heterocycles. The third-order valence-corrected chi connectivity index (χ3v) is 9.68. The van der Waals surface area contributed by atoms with E-state index in [4.69, 9.17) is 16.3 Å². The van der Waals surface area contributed by atoms with Crippen molar-refractivity contribution in [3.63, 3.8) is 0 Å². The summed E-state index contributed by atoms with van der Waals surface area (Å²) in [7, 11) is 1.67. The predicted octanol–water partition coefficient (Wildman–Crippen LogP) is 6.19. The minimum absolute atomic E-state index is 0.0257.